The summed E-state index contributed by atoms with van der Waals surface area (Å²) in [6, 6.07) is 14.3. The molecule has 1 heterocycles. The van der Waals surface area contributed by atoms with E-state index in [1.54, 1.807) is 19.2 Å². The summed E-state index contributed by atoms with van der Waals surface area (Å²) in [5, 5.41) is 9.08. The normalized spacial score (nSPS) is 14.9. The lowest BCUT2D eigenvalue weighted by Gasteiger charge is -2.32. The van der Waals surface area contributed by atoms with Crippen molar-refractivity contribution in [3.05, 3.63) is 65.2 Å². The number of carbonyl (C=O) groups is 2. The Kier molecular flexibility index (Phi) is 5.56. The van der Waals surface area contributed by atoms with Crippen molar-refractivity contribution in [2.45, 2.75) is 19.3 Å². The average molecular weight is 353 g/mol. The highest BCUT2D eigenvalue weighted by molar-refractivity contribution is 5.97. The molecule has 136 valence electrons. The number of ether oxygens (including phenoxy) is 1. The van der Waals surface area contributed by atoms with Crippen LogP contribution in [0.15, 0.2) is 48.5 Å². The van der Waals surface area contributed by atoms with Gasteiger partial charge in [-0.05, 0) is 55.0 Å². The van der Waals surface area contributed by atoms with Gasteiger partial charge in [-0.1, -0.05) is 24.3 Å². The Morgan fingerprint density at radius 3 is 2.46 bits per heavy atom. The fraction of sp³-hybridized carbons (Fsp3) is 0.333. The third-order valence-electron chi connectivity index (χ3n) is 4.96. The standard InChI is InChI=1S/C21H23NO4/c1-26-19-8-3-2-5-16(19)13-15-9-11-22(12-10-15)20(23)17-6-4-7-18(14-17)21(24)25/h2-8,14-15H,9-13H2,1H3,(H,24,25). The summed E-state index contributed by atoms with van der Waals surface area (Å²) in [6.07, 6.45) is 2.81. The lowest BCUT2D eigenvalue weighted by molar-refractivity contribution is 0.0690. The zero-order valence-corrected chi connectivity index (χ0v) is 14.9. The fourth-order valence-electron chi connectivity index (χ4n) is 3.49. The summed E-state index contributed by atoms with van der Waals surface area (Å²) >= 11 is 0. The van der Waals surface area contributed by atoms with Crippen LogP contribution < -0.4 is 4.74 Å². The Morgan fingerprint density at radius 1 is 1.08 bits per heavy atom. The van der Waals surface area contributed by atoms with E-state index in [1.807, 2.05) is 23.1 Å². The van der Waals surface area contributed by atoms with Crippen molar-refractivity contribution in [2.24, 2.45) is 5.92 Å². The molecule has 5 nitrogen and oxygen atoms in total. The Hall–Kier alpha value is -2.82. The molecule has 0 atom stereocenters. The van der Waals surface area contributed by atoms with Crippen LogP contribution >= 0.6 is 0 Å². The zero-order valence-electron chi connectivity index (χ0n) is 14.9. The zero-order chi connectivity index (χ0) is 18.5. The number of para-hydroxylation sites is 1. The minimum Gasteiger partial charge on any atom is -0.496 e. The summed E-state index contributed by atoms with van der Waals surface area (Å²) in [5.74, 6) is 0.316. The number of methoxy groups -OCH3 is 1. The van der Waals surface area contributed by atoms with Crippen LogP contribution in [-0.2, 0) is 6.42 Å². The molecule has 1 N–H and O–H groups in total. The van der Waals surface area contributed by atoms with Gasteiger partial charge in [-0.2, -0.15) is 0 Å². The van der Waals surface area contributed by atoms with Crippen molar-refractivity contribution in [1.29, 1.82) is 0 Å². The lowest BCUT2D eigenvalue weighted by atomic mass is 9.89. The molecule has 2 aromatic rings. The third-order valence-corrected chi connectivity index (χ3v) is 4.96. The molecule has 5 heteroatoms. The molecule has 1 fully saturated rings. The largest absolute Gasteiger partial charge is 0.496 e. The Morgan fingerprint density at radius 2 is 1.77 bits per heavy atom. The maximum atomic E-state index is 12.7. The van der Waals surface area contributed by atoms with Crippen molar-refractivity contribution in [3.63, 3.8) is 0 Å². The number of amides is 1. The summed E-state index contributed by atoms with van der Waals surface area (Å²) in [6.45, 7) is 1.38. The van der Waals surface area contributed by atoms with Gasteiger partial charge in [-0.3, -0.25) is 4.79 Å². The molecule has 1 amide bonds. The number of carboxylic acid groups (broad SMARTS) is 1. The lowest BCUT2D eigenvalue weighted by Crippen LogP contribution is -2.39. The van der Waals surface area contributed by atoms with Gasteiger partial charge in [0.15, 0.2) is 0 Å². The van der Waals surface area contributed by atoms with E-state index >= 15 is 0 Å². The first kappa shape index (κ1) is 18.0. The van der Waals surface area contributed by atoms with Crippen molar-refractivity contribution >= 4 is 11.9 Å². The van der Waals surface area contributed by atoms with Crippen LogP contribution in [0, 0.1) is 5.92 Å². The van der Waals surface area contributed by atoms with E-state index in [0.29, 0.717) is 24.6 Å². The molecular formula is C21H23NO4. The SMILES string of the molecule is COc1ccccc1CC1CCN(C(=O)c2cccc(C(=O)O)c2)CC1. The second-order valence-electron chi connectivity index (χ2n) is 6.64. The maximum absolute atomic E-state index is 12.7. The molecule has 3 rings (SSSR count). The molecular weight excluding hydrogens is 330 g/mol. The number of hydrogen-bond donors (Lipinski definition) is 1. The number of carbonyl (C=O) groups excluding carboxylic acids is 1. The molecule has 0 bridgehead atoms. The number of carboxylic acids is 1. The predicted octanol–water partition coefficient (Wildman–Crippen LogP) is 3.49. The molecule has 0 spiro atoms. The number of nitrogens with zero attached hydrogens (tertiary/aromatic N) is 1. The Bertz CT molecular complexity index is 794. The van der Waals surface area contributed by atoms with Gasteiger partial charge in [0.05, 0.1) is 12.7 Å². The smallest absolute Gasteiger partial charge is 0.335 e. The molecule has 1 saturated heterocycles. The molecule has 0 aliphatic carbocycles. The first-order valence-corrected chi connectivity index (χ1v) is 8.83. The molecule has 2 aromatic carbocycles. The van der Waals surface area contributed by atoms with E-state index in [0.717, 1.165) is 25.0 Å². The number of piperidine rings is 1. The summed E-state index contributed by atoms with van der Waals surface area (Å²) in [4.78, 5) is 25.6. The summed E-state index contributed by atoms with van der Waals surface area (Å²) in [5.41, 5.74) is 1.78. The number of hydrogen-bond acceptors (Lipinski definition) is 3. The van der Waals surface area contributed by atoms with Gasteiger partial charge in [0.1, 0.15) is 5.75 Å². The second kappa shape index (κ2) is 8.04. The Labute approximate surface area is 153 Å². The quantitative estimate of drug-likeness (QED) is 0.893. The number of rotatable bonds is 5. The van der Waals surface area contributed by atoms with Crippen LogP contribution in [0.5, 0.6) is 5.75 Å². The highest BCUT2D eigenvalue weighted by Crippen LogP contribution is 2.27. The molecule has 0 saturated carbocycles. The van der Waals surface area contributed by atoms with E-state index in [2.05, 4.69) is 6.07 Å². The van der Waals surface area contributed by atoms with E-state index in [1.165, 1.54) is 17.7 Å². The first-order valence-electron chi connectivity index (χ1n) is 8.83. The third kappa shape index (κ3) is 4.04. The topological polar surface area (TPSA) is 66.8 Å². The molecule has 0 radical (unpaired) electrons. The van der Waals surface area contributed by atoms with E-state index in [-0.39, 0.29) is 11.5 Å². The first-order chi connectivity index (χ1) is 12.6. The van der Waals surface area contributed by atoms with Gasteiger partial charge in [0, 0.05) is 18.7 Å². The fourth-order valence-corrected chi connectivity index (χ4v) is 3.49. The predicted molar refractivity (Wildman–Crippen MR) is 98.7 cm³/mol. The van der Waals surface area contributed by atoms with Crippen molar-refractivity contribution in [2.75, 3.05) is 20.2 Å². The van der Waals surface area contributed by atoms with Gasteiger partial charge >= 0.3 is 5.97 Å². The van der Waals surface area contributed by atoms with Gasteiger partial charge in [0.2, 0.25) is 0 Å². The maximum Gasteiger partial charge on any atom is 0.335 e. The molecule has 26 heavy (non-hydrogen) atoms. The highest BCUT2D eigenvalue weighted by atomic mass is 16.5. The van der Waals surface area contributed by atoms with E-state index in [9.17, 15) is 9.59 Å². The van der Waals surface area contributed by atoms with Gasteiger partial charge in [0.25, 0.3) is 5.91 Å². The van der Waals surface area contributed by atoms with Gasteiger partial charge in [-0.25, -0.2) is 4.79 Å². The van der Waals surface area contributed by atoms with Crippen LogP contribution in [0.2, 0.25) is 0 Å². The van der Waals surface area contributed by atoms with Gasteiger partial charge < -0.3 is 14.7 Å². The number of aromatic carboxylic acids is 1. The van der Waals surface area contributed by atoms with Crippen molar-refractivity contribution in [3.8, 4) is 5.75 Å². The van der Waals surface area contributed by atoms with E-state index in [4.69, 9.17) is 9.84 Å². The van der Waals surface area contributed by atoms with Crippen LogP contribution in [-0.4, -0.2) is 42.1 Å². The minimum absolute atomic E-state index is 0.0937. The van der Waals surface area contributed by atoms with Crippen molar-refractivity contribution < 1.29 is 19.4 Å². The second-order valence-corrected chi connectivity index (χ2v) is 6.64. The minimum atomic E-state index is -1.02. The molecule has 0 unspecified atom stereocenters. The van der Waals surface area contributed by atoms with Crippen LogP contribution in [0.3, 0.4) is 0 Å². The van der Waals surface area contributed by atoms with Crippen LogP contribution in [0.1, 0.15) is 39.1 Å². The van der Waals surface area contributed by atoms with Crippen LogP contribution in [0.4, 0.5) is 0 Å². The summed E-state index contributed by atoms with van der Waals surface area (Å²) < 4.78 is 5.42. The number of likely N-dealkylation sites (tertiary alicyclic amines) is 1. The molecule has 1 aliphatic heterocycles. The van der Waals surface area contributed by atoms with Crippen molar-refractivity contribution in [1.82, 2.24) is 4.90 Å². The molecule has 0 aromatic heterocycles. The Balaban J connectivity index is 1.60. The summed E-state index contributed by atoms with van der Waals surface area (Å²) in [7, 11) is 1.69. The average Bonchev–Trinajstić information content (AvgIpc) is 2.68. The number of benzene rings is 2. The molecule has 1 aliphatic rings. The van der Waals surface area contributed by atoms with E-state index < -0.39 is 5.97 Å². The van der Waals surface area contributed by atoms with Gasteiger partial charge in [-0.15, -0.1) is 0 Å². The highest BCUT2D eigenvalue weighted by Gasteiger charge is 2.24. The monoisotopic (exact) mass is 353 g/mol. The van der Waals surface area contributed by atoms with Crippen LogP contribution in [0.25, 0.3) is 0 Å².